The Hall–Kier alpha value is -1.93. The molecule has 0 aliphatic rings. The molecular weight excluding hydrogens is 251 g/mol. The van der Waals surface area contributed by atoms with Gasteiger partial charge in [0.05, 0.1) is 12.9 Å². The van der Waals surface area contributed by atoms with Crippen molar-refractivity contribution >= 4 is 0 Å². The molecule has 0 N–H and O–H groups in total. The molecule has 1 nitrogen and oxygen atoms in total. The Bertz CT molecular complexity index is 541. The van der Waals surface area contributed by atoms with Crippen LogP contribution in [-0.4, -0.2) is 7.11 Å². The third-order valence-electron chi connectivity index (χ3n) is 3.24. The highest BCUT2D eigenvalue weighted by Gasteiger charge is 1.99. The van der Waals surface area contributed by atoms with Gasteiger partial charge in [-0.1, -0.05) is 54.6 Å². The molecule has 0 aliphatic heterocycles. The van der Waals surface area contributed by atoms with E-state index in [1.165, 1.54) is 22.3 Å². The van der Waals surface area contributed by atoms with Gasteiger partial charge in [-0.15, -0.1) is 0 Å². The van der Waals surface area contributed by atoms with Gasteiger partial charge in [0, 0.05) is 7.11 Å². The smallest absolute Gasteiger partial charge is 0.0827 e. The third kappa shape index (κ3) is 4.04. The third-order valence-corrected chi connectivity index (χ3v) is 3.24. The van der Waals surface area contributed by atoms with Gasteiger partial charge in [0.15, 0.2) is 0 Å². The maximum atomic E-state index is 11.9. The van der Waals surface area contributed by atoms with Gasteiger partial charge in [-0.3, -0.25) is 0 Å². The second-order valence-electron chi connectivity index (χ2n) is 4.73. The number of benzene rings is 2. The maximum absolute atomic E-state index is 11.9. The molecule has 0 spiro atoms. The molecule has 104 valence electrons. The molecule has 2 aromatic carbocycles. The summed E-state index contributed by atoms with van der Waals surface area (Å²) in [6.45, 7) is 0.640. The van der Waals surface area contributed by atoms with Crippen LogP contribution in [0.2, 0.25) is 0 Å². The van der Waals surface area contributed by atoms with E-state index >= 15 is 0 Å². The lowest BCUT2D eigenvalue weighted by Crippen LogP contribution is -1.87. The van der Waals surface area contributed by atoms with Crippen LogP contribution in [0.15, 0.2) is 60.9 Å². The molecule has 0 atom stereocenters. The van der Waals surface area contributed by atoms with E-state index in [0.717, 1.165) is 12.8 Å². The second kappa shape index (κ2) is 7.61. The monoisotopic (exact) mass is 270 g/mol. The summed E-state index contributed by atoms with van der Waals surface area (Å²) in [7, 11) is 1.70. The number of allylic oxidation sites excluding steroid dienone is 1. The van der Waals surface area contributed by atoms with E-state index in [-0.39, 0.29) is 0 Å². The molecular formula is C18H19FO. The summed E-state index contributed by atoms with van der Waals surface area (Å²) < 4.78 is 17.0. The van der Waals surface area contributed by atoms with Gasteiger partial charge in [0.1, 0.15) is 0 Å². The van der Waals surface area contributed by atoms with Crippen LogP contribution in [0.5, 0.6) is 0 Å². The number of aryl methyl sites for hydroxylation is 1. The van der Waals surface area contributed by atoms with Crippen LogP contribution >= 0.6 is 0 Å². The van der Waals surface area contributed by atoms with Gasteiger partial charge >= 0.3 is 0 Å². The van der Waals surface area contributed by atoms with E-state index in [1.54, 1.807) is 13.2 Å². The number of methoxy groups -OCH3 is 1. The summed E-state index contributed by atoms with van der Waals surface area (Å²) in [5.74, 6) is 0. The number of halogens is 1. The number of hydrogen-bond acceptors (Lipinski definition) is 1. The summed E-state index contributed by atoms with van der Waals surface area (Å²) in [5.41, 5.74) is 4.78. The van der Waals surface area contributed by atoms with Crippen molar-refractivity contribution in [2.45, 2.75) is 19.4 Å². The zero-order valence-corrected chi connectivity index (χ0v) is 11.7. The fraction of sp³-hybridized carbons (Fsp3) is 0.222. The van der Waals surface area contributed by atoms with Crippen LogP contribution in [-0.2, 0) is 17.8 Å². The highest BCUT2D eigenvalue weighted by atomic mass is 19.1. The highest BCUT2D eigenvalue weighted by molar-refractivity contribution is 5.63. The molecule has 0 saturated heterocycles. The van der Waals surface area contributed by atoms with Crippen LogP contribution in [0.3, 0.4) is 0 Å². The van der Waals surface area contributed by atoms with E-state index in [9.17, 15) is 4.39 Å². The first-order chi connectivity index (χ1) is 9.83. The van der Waals surface area contributed by atoms with Gasteiger partial charge < -0.3 is 4.74 Å². The molecule has 2 heteroatoms. The second-order valence-corrected chi connectivity index (χ2v) is 4.73. The average molecular weight is 270 g/mol. The van der Waals surface area contributed by atoms with Crippen LogP contribution in [0, 0.1) is 0 Å². The Labute approximate surface area is 119 Å². The minimum Gasteiger partial charge on any atom is -0.380 e. The van der Waals surface area contributed by atoms with Gasteiger partial charge in [-0.05, 0) is 35.1 Å². The van der Waals surface area contributed by atoms with Crippen molar-refractivity contribution < 1.29 is 9.13 Å². The Morgan fingerprint density at radius 1 is 0.900 bits per heavy atom. The summed E-state index contributed by atoms with van der Waals surface area (Å²) in [6, 6.07) is 16.8. The van der Waals surface area contributed by atoms with E-state index in [2.05, 4.69) is 48.5 Å². The zero-order chi connectivity index (χ0) is 14.2. The molecule has 20 heavy (non-hydrogen) atoms. The van der Waals surface area contributed by atoms with Gasteiger partial charge in [0.2, 0.25) is 0 Å². The predicted molar refractivity (Wildman–Crippen MR) is 81.2 cm³/mol. The number of rotatable bonds is 6. The van der Waals surface area contributed by atoms with Crippen molar-refractivity contribution in [1.82, 2.24) is 0 Å². The molecule has 0 radical (unpaired) electrons. The molecule has 0 saturated carbocycles. The summed E-state index contributed by atoms with van der Waals surface area (Å²) in [4.78, 5) is 0. The number of hydrogen-bond donors (Lipinski definition) is 0. The first kappa shape index (κ1) is 14.5. The largest absolute Gasteiger partial charge is 0.380 e. The SMILES string of the molecule is COCc1ccc(-c2ccc(CC/C=C/F)cc2)cc1. The number of ether oxygens (including phenoxy) is 1. The fourth-order valence-corrected chi connectivity index (χ4v) is 2.14. The average Bonchev–Trinajstić information content (AvgIpc) is 2.49. The van der Waals surface area contributed by atoms with Crippen molar-refractivity contribution in [1.29, 1.82) is 0 Å². The normalized spacial score (nSPS) is 11.1. The fourth-order valence-electron chi connectivity index (χ4n) is 2.14. The molecule has 0 heterocycles. The van der Waals surface area contributed by atoms with E-state index in [4.69, 9.17) is 4.74 Å². The molecule has 0 fully saturated rings. The molecule has 2 rings (SSSR count). The molecule has 0 aliphatic carbocycles. The lowest BCUT2D eigenvalue weighted by atomic mass is 10.0. The van der Waals surface area contributed by atoms with E-state index < -0.39 is 0 Å². The standard InChI is InChI=1S/C18H19FO/c1-20-14-16-7-11-18(12-8-16)17-9-5-15(6-10-17)4-2-3-13-19/h3,5-13H,2,4,14H2,1H3/b13-3+. The topological polar surface area (TPSA) is 9.23 Å². The van der Waals surface area contributed by atoms with Crippen LogP contribution < -0.4 is 0 Å². The van der Waals surface area contributed by atoms with Crippen molar-refractivity contribution in [2.24, 2.45) is 0 Å². The van der Waals surface area contributed by atoms with E-state index in [1.807, 2.05) is 0 Å². The first-order valence-corrected chi connectivity index (χ1v) is 6.76. The van der Waals surface area contributed by atoms with Gasteiger partial charge in [-0.2, -0.15) is 0 Å². The Morgan fingerprint density at radius 2 is 1.45 bits per heavy atom. The van der Waals surface area contributed by atoms with Crippen LogP contribution in [0.25, 0.3) is 11.1 Å². The van der Waals surface area contributed by atoms with Gasteiger partial charge in [0.25, 0.3) is 0 Å². The lowest BCUT2D eigenvalue weighted by molar-refractivity contribution is 0.185. The molecule has 0 amide bonds. The minimum absolute atomic E-state index is 0.607. The summed E-state index contributed by atoms with van der Waals surface area (Å²) >= 11 is 0. The Balaban J connectivity index is 2.05. The molecule has 0 bridgehead atoms. The van der Waals surface area contributed by atoms with Crippen molar-refractivity contribution in [3.8, 4) is 11.1 Å². The minimum atomic E-state index is 0.607. The maximum Gasteiger partial charge on any atom is 0.0827 e. The summed E-state index contributed by atoms with van der Waals surface area (Å²) in [6.07, 6.45) is 3.76. The Kier molecular flexibility index (Phi) is 5.51. The Morgan fingerprint density at radius 3 is 1.95 bits per heavy atom. The van der Waals surface area contributed by atoms with Crippen LogP contribution in [0.4, 0.5) is 4.39 Å². The van der Waals surface area contributed by atoms with Crippen LogP contribution in [0.1, 0.15) is 17.5 Å². The van der Waals surface area contributed by atoms with Crippen molar-refractivity contribution in [2.75, 3.05) is 7.11 Å². The molecule has 2 aromatic rings. The van der Waals surface area contributed by atoms with Crippen molar-refractivity contribution in [3.63, 3.8) is 0 Å². The highest BCUT2D eigenvalue weighted by Crippen LogP contribution is 2.21. The molecule has 0 aromatic heterocycles. The first-order valence-electron chi connectivity index (χ1n) is 6.76. The zero-order valence-electron chi connectivity index (χ0n) is 11.7. The molecule has 0 unspecified atom stereocenters. The summed E-state index contributed by atoms with van der Waals surface area (Å²) in [5, 5.41) is 0. The lowest BCUT2D eigenvalue weighted by Gasteiger charge is -2.05. The van der Waals surface area contributed by atoms with Crippen molar-refractivity contribution in [3.05, 3.63) is 72.1 Å². The van der Waals surface area contributed by atoms with E-state index in [0.29, 0.717) is 12.9 Å². The quantitative estimate of drug-likeness (QED) is 0.724. The predicted octanol–water partition coefficient (Wildman–Crippen LogP) is 4.92. The van der Waals surface area contributed by atoms with Gasteiger partial charge in [-0.25, -0.2) is 4.39 Å².